The van der Waals surface area contributed by atoms with Gasteiger partial charge in [-0.25, -0.2) is 0 Å². The van der Waals surface area contributed by atoms with E-state index in [9.17, 15) is 9.90 Å². The lowest BCUT2D eigenvalue weighted by molar-refractivity contribution is -0.139. The van der Waals surface area contributed by atoms with Crippen LogP contribution in [0.5, 0.6) is 0 Å². The molecule has 0 radical (unpaired) electrons. The minimum absolute atomic E-state index is 0.00476. The first-order chi connectivity index (χ1) is 10.6. The summed E-state index contributed by atoms with van der Waals surface area (Å²) in [7, 11) is 0. The lowest BCUT2D eigenvalue weighted by atomic mass is 9.77. The Morgan fingerprint density at radius 1 is 1.36 bits per heavy atom. The fraction of sp³-hybridized carbons (Fsp3) is 0.588. The summed E-state index contributed by atoms with van der Waals surface area (Å²) in [5, 5.41) is 10.2. The third kappa shape index (κ3) is 4.22. The molecular weight excluding hydrogens is 302 g/mol. The third-order valence-corrected chi connectivity index (χ3v) is 5.07. The van der Waals surface area contributed by atoms with Gasteiger partial charge < -0.3 is 14.7 Å². The number of carbonyl (C=O) groups excluding carboxylic acids is 1. The van der Waals surface area contributed by atoms with Crippen molar-refractivity contribution in [2.45, 2.75) is 32.8 Å². The lowest BCUT2D eigenvalue weighted by Crippen LogP contribution is -2.45. The van der Waals surface area contributed by atoms with E-state index in [-0.39, 0.29) is 24.5 Å². The van der Waals surface area contributed by atoms with Gasteiger partial charge in [0.2, 0.25) is 5.91 Å². The van der Waals surface area contributed by atoms with Crippen molar-refractivity contribution in [1.29, 1.82) is 0 Å². The van der Waals surface area contributed by atoms with Crippen molar-refractivity contribution in [3.63, 3.8) is 0 Å². The van der Waals surface area contributed by atoms with Gasteiger partial charge in [0.05, 0.1) is 6.61 Å². The fourth-order valence-electron chi connectivity index (χ4n) is 2.81. The molecule has 1 saturated heterocycles. The Morgan fingerprint density at radius 3 is 2.64 bits per heavy atom. The number of nitrogens with zero attached hydrogens (tertiary/aromatic N) is 1. The molecule has 0 saturated carbocycles. The number of ether oxygens (including phenoxy) is 1. The molecule has 1 aromatic carbocycles. The molecule has 1 fully saturated rings. The van der Waals surface area contributed by atoms with E-state index in [1.807, 2.05) is 29.2 Å². The summed E-state index contributed by atoms with van der Waals surface area (Å²) in [6, 6.07) is 7.47. The fourth-order valence-corrected chi connectivity index (χ4v) is 3.00. The third-order valence-electron chi connectivity index (χ3n) is 4.70. The highest BCUT2D eigenvalue weighted by molar-refractivity contribution is 6.31. The number of likely N-dealkylation sites (tertiary alicyclic amines) is 1. The Kier molecular flexibility index (Phi) is 6.24. The van der Waals surface area contributed by atoms with Crippen molar-refractivity contribution in [2.75, 3.05) is 26.3 Å². The second-order valence-corrected chi connectivity index (χ2v) is 6.38. The Balaban J connectivity index is 1.76. The van der Waals surface area contributed by atoms with Crippen LogP contribution in [0.25, 0.3) is 0 Å². The Hall–Kier alpha value is -1.10. The predicted molar refractivity (Wildman–Crippen MR) is 86.7 cm³/mol. The first-order valence-electron chi connectivity index (χ1n) is 7.80. The summed E-state index contributed by atoms with van der Waals surface area (Å²) >= 11 is 6.05. The Bertz CT molecular complexity index is 492. The molecule has 122 valence electrons. The Labute approximate surface area is 137 Å². The molecular formula is C17H24ClNO3. The minimum atomic E-state index is -0.00476. The van der Waals surface area contributed by atoms with E-state index in [4.69, 9.17) is 16.3 Å². The van der Waals surface area contributed by atoms with Gasteiger partial charge in [0, 0.05) is 24.7 Å². The maximum atomic E-state index is 12.2. The number of piperidine rings is 1. The maximum Gasteiger partial charge on any atom is 0.248 e. The van der Waals surface area contributed by atoms with E-state index in [1.165, 1.54) is 0 Å². The molecule has 0 bridgehead atoms. The van der Waals surface area contributed by atoms with E-state index in [0.717, 1.165) is 24.8 Å². The number of hydrogen-bond donors (Lipinski definition) is 1. The van der Waals surface area contributed by atoms with Crippen LogP contribution in [0.1, 0.15) is 31.7 Å². The van der Waals surface area contributed by atoms with Gasteiger partial charge in [-0.1, -0.05) is 36.7 Å². The van der Waals surface area contributed by atoms with Crippen LogP contribution < -0.4 is 0 Å². The van der Waals surface area contributed by atoms with Crippen molar-refractivity contribution in [3.8, 4) is 0 Å². The van der Waals surface area contributed by atoms with Gasteiger partial charge in [0.25, 0.3) is 0 Å². The van der Waals surface area contributed by atoms with Crippen LogP contribution in [-0.4, -0.2) is 42.2 Å². The van der Waals surface area contributed by atoms with Crippen LogP contribution in [0, 0.1) is 5.41 Å². The summed E-state index contributed by atoms with van der Waals surface area (Å²) in [4.78, 5) is 14.0. The molecule has 0 atom stereocenters. The number of rotatable bonds is 6. The molecule has 0 spiro atoms. The largest absolute Gasteiger partial charge is 0.396 e. The summed E-state index contributed by atoms with van der Waals surface area (Å²) in [5.74, 6) is 0.00898. The van der Waals surface area contributed by atoms with E-state index in [1.54, 1.807) is 0 Å². The molecule has 0 unspecified atom stereocenters. The van der Waals surface area contributed by atoms with Gasteiger partial charge >= 0.3 is 0 Å². The van der Waals surface area contributed by atoms with Crippen LogP contribution in [0.2, 0.25) is 5.02 Å². The first kappa shape index (κ1) is 17.3. The standard InChI is InChI=1S/C17H24ClNO3/c1-2-17(13-20)7-9-19(10-8-17)16(21)12-22-11-14-5-3-4-6-15(14)18/h3-6,20H,2,7-13H2,1H3. The van der Waals surface area contributed by atoms with E-state index >= 15 is 0 Å². The summed E-state index contributed by atoms with van der Waals surface area (Å²) in [6.07, 6.45) is 2.67. The number of benzene rings is 1. The number of carbonyl (C=O) groups is 1. The van der Waals surface area contributed by atoms with Gasteiger partial charge in [0.1, 0.15) is 6.61 Å². The lowest BCUT2D eigenvalue weighted by Gasteiger charge is -2.40. The molecule has 4 nitrogen and oxygen atoms in total. The van der Waals surface area contributed by atoms with Crippen LogP contribution in [0.15, 0.2) is 24.3 Å². The van der Waals surface area contributed by atoms with Crippen LogP contribution >= 0.6 is 11.6 Å². The molecule has 1 aromatic rings. The highest BCUT2D eigenvalue weighted by Crippen LogP contribution is 2.34. The van der Waals surface area contributed by atoms with Crippen molar-refractivity contribution in [2.24, 2.45) is 5.41 Å². The van der Waals surface area contributed by atoms with Crippen molar-refractivity contribution in [3.05, 3.63) is 34.9 Å². The molecule has 2 rings (SSSR count). The second kappa shape index (κ2) is 7.95. The van der Waals surface area contributed by atoms with Gasteiger partial charge in [-0.2, -0.15) is 0 Å². The maximum absolute atomic E-state index is 12.2. The van der Waals surface area contributed by atoms with Crippen molar-refractivity contribution >= 4 is 17.5 Å². The highest BCUT2D eigenvalue weighted by atomic mass is 35.5. The number of halogens is 1. The normalized spacial score (nSPS) is 17.5. The van der Waals surface area contributed by atoms with Gasteiger partial charge in [-0.3, -0.25) is 4.79 Å². The molecule has 1 amide bonds. The molecule has 1 N–H and O–H groups in total. The summed E-state index contributed by atoms with van der Waals surface area (Å²) < 4.78 is 5.50. The second-order valence-electron chi connectivity index (χ2n) is 5.98. The molecule has 0 aromatic heterocycles. The van der Waals surface area contributed by atoms with Crippen LogP contribution in [0.4, 0.5) is 0 Å². The van der Waals surface area contributed by atoms with Crippen LogP contribution in [-0.2, 0) is 16.1 Å². The zero-order chi connectivity index (χ0) is 16.0. The van der Waals surface area contributed by atoms with E-state index in [0.29, 0.717) is 24.7 Å². The molecule has 5 heteroatoms. The van der Waals surface area contributed by atoms with Crippen LogP contribution in [0.3, 0.4) is 0 Å². The monoisotopic (exact) mass is 325 g/mol. The van der Waals surface area contributed by atoms with Gasteiger partial charge in [-0.05, 0) is 36.3 Å². The molecule has 1 heterocycles. The van der Waals surface area contributed by atoms with E-state index < -0.39 is 0 Å². The first-order valence-corrected chi connectivity index (χ1v) is 8.18. The average Bonchev–Trinajstić information content (AvgIpc) is 2.56. The van der Waals surface area contributed by atoms with Gasteiger partial charge in [-0.15, -0.1) is 0 Å². The zero-order valence-electron chi connectivity index (χ0n) is 13.1. The number of aliphatic hydroxyl groups excluding tert-OH is 1. The Morgan fingerprint density at radius 2 is 2.05 bits per heavy atom. The highest BCUT2D eigenvalue weighted by Gasteiger charge is 2.33. The van der Waals surface area contributed by atoms with Gasteiger partial charge in [0.15, 0.2) is 0 Å². The number of hydrogen-bond acceptors (Lipinski definition) is 3. The average molecular weight is 326 g/mol. The SMILES string of the molecule is CCC1(CO)CCN(C(=O)COCc2ccccc2Cl)CC1. The topological polar surface area (TPSA) is 49.8 Å². The number of amides is 1. The quantitative estimate of drug-likeness (QED) is 0.875. The van der Waals surface area contributed by atoms with Crippen molar-refractivity contribution in [1.82, 2.24) is 4.90 Å². The summed E-state index contributed by atoms with van der Waals surface area (Å²) in [6.45, 7) is 4.11. The molecule has 0 aliphatic carbocycles. The predicted octanol–water partition coefficient (Wildman–Crippen LogP) is 2.87. The molecule has 22 heavy (non-hydrogen) atoms. The minimum Gasteiger partial charge on any atom is -0.396 e. The van der Waals surface area contributed by atoms with E-state index in [2.05, 4.69) is 6.92 Å². The number of aliphatic hydroxyl groups is 1. The molecule has 1 aliphatic rings. The zero-order valence-corrected chi connectivity index (χ0v) is 13.8. The molecule has 1 aliphatic heterocycles. The van der Waals surface area contributed by atoms with Crippen molar-refractivity contribution < 1.29 is 14.6 Å². The smallest absolute Gasteiger partial charge is 0.248 e. The summed E-state index contributed by atoms with van der Waals surface area (Å²) in [5.41, 5.74) is 0.885.